The summed E-state index contributed by atoms with van der Waals surface area (Å²) < 4.78 is 46.8. The summed E-state index contributed by atoms with van der Waals surface area (Å²) in [5.74, 6) is -0.603. The number of carbonyl (C=O) groups excluding carboxylic acids is 2. The van der Waals surface area contributed by atoms with Gasteiger partial charge in [0.05, 0.1) is 0 Å². The Bertz CT molecular complexity index is 735. The molecule has 3 saturated heterocycles. The molecule has 0 saturated carbocycles. The summed E-state index contributed by atoms with van der Waals surface area (Å²) in [6, 6.07) is 0. The molecular formula is C17H25IO8S. The summed E-state index contributed by atoms with van der Waals surface area (Å²) in [5, 5.41) is -0.618. The molecule has 0 aliphatic carbocycles. The normalized spacial score (nSPS) is 35.9. The minimum atomic E-state index is -3.61. The average molecular weight is 516 g/mol. The number of halogens is 1. The Hall–Kier alpha value is -0.560. The van der Waals surface area contributed by atoms with Crippen LogP contribution in [0.25, 0.3) is 0 Å². The zero-order valence-electron chi connectivity index (χ0n) is 15.6. The molecule has 3 aliphatic heterocycles. The van der Waals surface area contributed by atoms with E-state index in [1.165, 1.54) is 0 Å². The fourth-order valence-electron chi connectivity index (χ4n) is 3.84. The zero-order chi connectivity index (χ0) is 19.9. The SMILES string of the molecule is C=C(C)C(=O)I(CC)CC(=O)OCCOC1C2OC3C1OS(=O)(=O)C3C2C. The Kier molecular flexibility index (Phi) is 6.31. The molecule has 3 rings (SSSR count). The molecular weight excluding hydrogens is 491 g/mol. The van der Waals surface area contributed by atoms with Gasteiger partial charge >= 0.3 is 167 Å². The van der Waals surface area contributed by atoms with Crippen molar-refractivity contribution in [1.29, 1.82) is 0 Å². The second-order valence-electron chi connectivity index (χ2n) is 6.91. The number of fused-ring (bicyclic) bond motifs is 1. The van der Waals surface area contributed by atoms with Crippen LogP contribution in [-0.2, 0) is 38.1 Å². The first-order chi connectivity index (χ1) is 12.7. The Morgan fingerprint density at radius 3 is 2.52 bits per heavy atom. The van der Waals surface area contributed by atoms with Crippen LogP contribution in [0.5, 0.6) is 0 Å². The van der Waals surface area contributed by atoms with Gasteiger partial charge in [0.25, 0.3) is 0 Å². The van der Waals surface area contributed by atoms with Crippen molar-refractivity contribution in [3.63, 3.8) is 0 Å². The Morgan fingerprint density at radius 2 is 1.89 bits per heavy atom. The van der Waals surface area contributed by atoms with Crippen LogP contribution in [0.15, 0.2) is 12.2 Å². The average Bonchev–Trinajstić information content (AvgIpc) is 3.17. The molecule has 6 atom stereocenters. The zero-order valence-corrected chi connectivity index (χ0v) is 18.5. The third kappa shape index (κ3) is 3.96. The molecule has 2 bridgehead atoms. The Balaban J connectivity index is 1.44. The molecule has 6 unspecified atom stereocenters. The van der Waals surface area contributed by atoms with Crippen LogP contribution in [0.4, 0.5) is 0 Å². The standard InChI is InChI=1S/C17H25IO8S/c1-5-18(17(20)9(2)3)8-11(19)23-6-7-24-13-12-10(4)16-15(25-12)14(13)26-27(16,21)22/h10,12-16H,2,5-8H2,1,3-4H3. The van der Waals surface area contributed by atoms with E-state index in [4.69, 9.17) is 18.4 Å². The molecule has 3 heterocycles. The topological polar surface area (TPSA) is 105 Å². The van der Waals surface area contributed by atoms with E-state index in [9.17, 15) is 18.0 Å². The summed E-state index contributed by atoms with van der Waals surface area (Å²) in [6.45, 7) is 9.20. The second-order valence-corrected chi connectivity index (χ2v) is 14.5. The van der Waals surface area contributed by atoms with Gasteiger partial charge in [0, 0.05) is 0 Å². The van der Waals surface area contributed by atoms with E-state index in [1.807, 2.05) is 13.8 Å². The Labute approximate surface area is 166 Å². The van der Waals surface area contributed by atoms with Gasteiger partial charge < -0.3 is 0 Å². The van der Waals surface area contributed by atoms with Crippen molar-refractivity contribution in [2.45, 2.75) is 50.4 Å². The van der Waals surface area contributed by atoms with Crippen molar-refractivity contribution >= 4 is 39.7 Å². The van der Waals surface area contributed by atoms with Crippen LogP contribution in [0.3, 0.4) is 0 Å². The van der Waals surface area contributed by atoms with E-state index >= 15 is 0 Å². The predicted octanol–water partition coefficient (Wildman–Crippen LogP) is 1.06. The predicted molar refractivity (Wildman–Crippen MR) is 105 cm³/mol. The monoisotopic (exact) mass is 516 g/mol. The molecule has 0 N–H and O–H groups in total. The number of hydrogen-bond donors (Lipinski definition) is 0. The molecule has 0 aromatic heterocycles. The quantitative estimate of drug-likeness (QED) is 0.0853. The number of hydrogen-bond acceptors (Lipinski definition) is 8. The molecule has 27 heavy (non-hydrogen) atoms. The molecule has 0 aromatic carbocycles. The van der Waals surface area contributed by atoms with Crippen molar-refractivity contribution in [2.75, 3.05) is 22.1 Å². The molecule has 8 nitrogen and oxygen atoms in total. The Morgan fingerprint density at radius 1 is 1.19 bits per heavy atom. The minimum absolute atomic E-state index is 0.0252. The molecule has 154 valence electrons. The van der Waals surface area contributed by atoms with Gasteiger partial charge in [-0.25, -0.2) is 0 Å². The molecule has 0 amide bonds. The van der Waals surface area contributed by atoms with Crippen LogP contribution >= 0.6 is 19.8 Å². The molecule has 10 heteroatoms. The fourth-order valence-corrected chi connectivity index (χ4v) is 9.58. The first-order valence-electron chi connectivity index (χ1n) is 8.83. The van der Waals surface area contributed by atoms with E-state index in [0.717, 1.165) is 0 Å². The van der Waals surface area contributed by atoms with Gasteiger partial charge in [-0.3, -0.25) is 0 Å². The number of ether oxygens (including phenoxy) is 3. The third-order valence-corrected chi connectivity index (χ3v) is 12.6. The van der Waals surface area contributed by atoms with Gasteiger partial charge in [-0.15, -0.1) is 0 Å². The van der Waals surface area contributed by atoms with Crippen LogP contribution in [-0.4, -0.2) is 69.9 Å². The van der Waals surface area contributed by atoms with Crippen LogP contribution in [0, 0.1) is 5.92 Å². The number of rotatable bonds is 9. The van der Waals surface area contributed by atoms with Gasteiger partial charge in [-0.2, -0.15) is 0 Å². The van der Waals surface area contributed by atoms with E-state index in [0.29, 0.717) is 10.0 Å². The van der Waals surface area contributed by atoms with E-state index in [2.05, 4.69) is 6.58 Å². The van der Waals surface area contributed by atoms with Gasteiger partial charge in [0.2, 0.25) is 0 Å². The summed E-state index contributed by atoms with van der Waals surface area (Å²) in [5.41, 5.74) is 0.494. The summed E-state index contributed by atoms with van der Waals surface area (Å²) in [6.07, 6.45) is -1.92. The molecule has 0 radical (unpaired) electrons. The maximum absolute atomic E-state index is 12.0. The molecule has 3 aliphatic rings. The van der Waals surface area contributed by atoms with Crippen LogP contribution in [0.1, 0.15) is 20.8 Å². The van der Waals surface area contributed by atoms with Crippen LogP contribution < -0.4 is 0 Å². The third-order valence-electron chi connectivity index (χ3n) is 5.05. The van der Waals surface area contributed by atoms with Crippen molar-refractivity contribution < 1.29 is 36.4 Å². The van der Waals surface area contributed by atoms with Gasteiger partial charge in [0.15, 0.2) is 0 Å². The molecule has 3 fully saturated rings. The number of carbonyl (C=O) groups is 2. The molecule has 0 aromatic rings. The van der Waals surface area contributed by atoms with Gasteiger partial charge in [0.1, 0.15) is 0 Å². The number of alkyl halides is 2. The van der Waals surface area contributed by atoms with E-state index < -0.39 is 59.5 Å². The number of esters is 1. The van der Waals surface area contributed by atoms with Gasteiger partial charge in [-0.05, 0) is 0 Å². The van der Waals surface area contributed by atoms with E-state index in [-0.39, 0.29) is 33.5 Å². The fraction of sp³-hybridized carbons (Fsp3) is 0.765. The van der Waals surface area contributed by atoms with Crippen molar-refractivity contribution in [3.8, 4) is 0 Å². The summed E-state index contributed by atoms with van der Waals surface area (Å²) >= 11 is -2.09. The first kappa shape index (κ1) is 21.2. The maximum atomic E-state index is 12.0. The summed E-state index contributed by atoms with van der Waals surface area (Å²) in [4.78, 5) is 24.0. The first-order valence-corrected chi connectivity index (χ1v) is 14.4. The summed E-state index contributed by atoms with van der Waals surface area (Å²) in [7, 11) is -3.61. The van der Waals surface area contributed by atoms with E-state index in [1.54, 1.807) is 6.92 Å². The van der Waals surface area contributed by atoms with Crippen molar-refractivity contribution in [3.05, 3.63) is 12.2 Å². The van der Waals surface area contributed by atoms with Crippen molar-refractivity contribution in [2.24, 2.45) is 5.92 Å². The molecule has 0 spiro atoms. The second kappa shape index (κ2) is 8.05. The van der Waals surface area contributed by atoms with Crippen molar-refractivity contribution in [1.82, 2.24) is 0 Å². The van der Waals surface area contributed by atoms with Gasteiger partial charge in [-0.1, -0.05) is 0 Å². The number of allylic oxidation sites excluding steroid dienone is 1. The van der Waals surface area contributed by atoms with Crippen LogP contribution in [0.2, 0.25) is 0 Å².